The zero-order valence-electron chi connectivity index (χ0n) is 16.7. The van der Waals surface area contributed by atoms with Crippen LogP contribution in [0, 0.1) is 5.82 Å². The van der Waals surface area contributed by atoms with E-state index in [0.717, 1.165) is 5.56 Å². The van der Waals surface area contributed by atoms with Gasteiger partial charge >= 0.3 is 0 Å². The van der Waals surface area contributed by atoms with Gasteiger partial charge in [-0.15, -0.1) is 0 Å². The van der Waals surface area contributed by atoms with Crippen LogP contribution in [0.5, 0.6) is 0 Å². The molecule has 30 heavy (non-hydrogen) atoms. The summed E-state index contributed by atoms with van der Waals surface area (Å²) in [6, 6.07) is 17.4. The van der Waals surface area contributed by atoms with Gasteiger partial charge in [-0.25, -0.2) is 9.37 Å². The van der Waals surface area contributed by atoms with Crippen LogP contribution in [0.4, 0.5) is 4.39 Å². The fraction of sp³-hybridized carbons (Fsp3) is 0.174. The van der Waals surface area contributed by atoms with Gasteiger partial charge in [0.25, 0.3) is 11.6 Å². The highest BCUT2D eigenvalue weighted by Crippen LogP contribution is 2.33. The Morgan fingerprint density at radius 3 is 2.57 bits per heavy atom. The number of hydrogen-bond acceptors (Lipinski definition) is 5. The van der Waals surface area contributed by atoms with Crippen molar-refractivity contribution in [3.63, 3.8) is 0 Å². The summed E-state index contributed by atoms with van der Waals surface area (Å²) in [5, 5.41) is 7.35. The molecule has 0 saturated carbocycles. The summed E-state index contributed by atoms with van der Waals surface area (Å²) in [4.78, 5) is 19.6. The molecule has 4 rings (SSSR count). The van der Waals surface area contributed by atoms with E-state index < -0.39 is 5.82 Å². The van der Waals surface area contributed by atoms with Crippen LogP contribution in [0.3, 0.4) is 0 Å². The van der Waals surface area contributed by atoms with Crippen LogP contribution in [0.15, 0.2) is 65.2 Å². The van der Waals surface area contributed by atoms with E-state index in [1.54, 1.807) is 24.3 Å². The van der Waals surface area contributed by atoms with Gasteiger partial charge in [-0.3, -0.25) is 4.79 Å². The third kappa shape index (κ3) is 3.92. The molecular weight excluding hydrogens is 383 g/mol. The quantitative estimate of drug-likeness (QED) is 0.526. The number of nitrogens with one attached hydrogen (secondary N) is 1. The average molecular weight is 404 g/mol. The Balaban J connectivity index is 1.86. The molecule has 0 fully saturated rings. The number of hydrogen-bond donors (Lipinski definition) is 1. The molecule has 0 radical (unpaired) electrons. The van der Waals surface area contributed by atoms with Gasteiger partial charge in [-0.2, -0.15) is 0 Å². The topological polar surface area (TPSA) is 71.3 Å². The Labute approximate surface area is 173 Å². The van der Waals surface area contributed by atoms with Crippen molar-refractivity contribution in [1.82, 2.24) is 20.4 Å². The largest absolute Gasteiger partial charge is 0.351 e. The molecule has 0 atom stereocenters. The Morgan fingerprint density at radius 1 is 1.10 bits per heavy atom. The SMILES string of the molecule is CN(C)CCNC(=O)c1cc(-c2ccccc2)nc2onc(-c3ccccc3F)c12. The van der Waals surface area contributed by atoms with Crippen molar-refractivity contribution in [1.29, 1.82) is 0 Å². The second-order valence-electron chi connectivity index (χ2n) is 7.17. The maximum Gasteiger partial charge on any atom is 0.259 e. The van der Waals surface area contributed by atoms with E-state index in [-0.39, 0.29) is 22.9 Å². The summed E-state index contributed by atoms with van der Waals surface area (Å²) in [5.41, 5.74) is 2.47. The molecule has 2 heterocycles. The van der Waals surface area contributed by atoms with Gasteiger partial charge in [0.15, 0.2) is 0 Å². The maximum atomic E-state index is 14.4. The van der Waals surface area contributed by atoms with Crippen LogP contribution in [0.25, 0.3) is 33.6 Å². The van der Waals surface area contributed by atoms with Crippen molar-refractivity contribution >= 4 is 17.0 Å². The van der Waals surface area contributed by atoms with Crippen LogP contribution < -0.4 is 5.32 Å². The van der Waals surface area contributed by atoms with Gasteiger partial charge in [0.05, 0.1) is 16.6 Å². The summed E-state index contributed by atoms with van der Waals surface area (Å²) < 4.78 is 19.9. The van der Waals surface area contributed by atoms with Crippen molar-refractivity contribution in [2.24, 2.45) is 0 Å². The summed E-state index contributed by atoms with van der Waals surface area (Å²) in [5.74, 6) is -0.735. The van der Waals surface area contributed by atoms with E-state index in [2.05, 4.69) is 15.5 Å². The minimum atomic E-state index is -0.446. The lowest BCUT2D eigenvalue weighted by Gasteiger charge is -2.12. The zero-order valence-corrected chi connectivity index (χ0v) is 16.7. The Hall–Kier alpha value is -3.58. The Kier molecular flexibility index (Phi) is 5.54. The summed E-state index contributed by atoms with van der Waals surface area (Å²) in [7, 11) is 3.86. The van der Waals surface area contributed by atoms with Crippen LogP contribution >= 0.6 is 0 Å². The van der Waals surface area contributed by atoms with E-state index in [9.17, 15) is 9.18 Å². The predicted molar refractivity (Wildman–Crippen MR) is 114 cm³/mol. The van der Waals surface area contributed by atoms with E-state index in [0.29, 0.717) is 29.7 Å². The number of pyridine rings is 1. The average Bonchev–Trinajstić information content (AvgIpc) is 3.17. The number of rotatable bonds is 6. The number of likely N-dealkylation sites (N-methyl/N-ethyl adjacent to an activating group) is 1. The number of carbonyl (C=O) groups is 1. The first kappa shape index (κ1) is 19.7. The molecule has 0 spiro atoms. The Morgan fingerprint density at radius 2 is 1.83 bits per heavy atom. The van der Waals surface area contributed by atoms with Crippen molar-refractivity contribution in [2.45, 2.75) is 0 Å². The molecule has 1 amide bonds. The molecule has 0 aliphatic heterocycles. The van der Waals surface area contributed by atoms with Crippen LogP contribution in [-0.2, 0) is 0 Å². The second kappa shape index (κ2) is 8.42. The fourth-order valence-electron chi connectivity index (χ4n) is 3.21. The zero-order chi connectivity index (χ0) is 21.1. The third-order valence-corrected chi connectivity index (χ3v) is 4.73. The molecule has 152 valence electrons. The second-order valence-corrected chi connectivity index (χ2v) is 7.17. The van der Waals surface area contributed by atoms with Crippen LogP contribution in [-0.4, -0.2) is 48.1 Å². The molecule has 4 aromatic rings. The minimum Gasteiger partial charge on any atom is -0.351 e. The van der Waals surface area contributed by atoms with Crippen molar-refractivity contribution < 1.29 is 13.7 Å². The Bertz CT molecular complexity index is 1190. The van der Waals surface area contributed by atoms with Gasteiger partial charge in [0, 0.05) is 24.2 Å². The number of amides is 1. The molecule has 2 aromatic carbocycles. The van der Waals surface area contributed by atoms with E-state index in [4.69, 9.17) is 4.52 Å². The standard InChI is InChI=1S/C23H21FN4O2/c1-28(2)13-12-25-22(29)17-14-19(15-8-4-3-5-9-15)26-23-20(17)21(27-30-23)16-10-6-7-11-18(16)24/h3-11,14H,12-13H2,1-2H3,(H,25,29). The van der Waals surface area contributed by atoms with Gasteiger partial charge in [-0.05, 0) is 32.3 Å². The number of benzene rings is 2. The molecule has 1 N–H and O–H groups in total. The molecule has 0 saturated heterocycles. The first-order valence-electron chi connectivity index (χ1n) is 9.58. The van der Waals surface area contributed by atoms with Gasteiger partial charge in [0.2, 0.25) is 0 Å². The van der Waals surface area contributed by atoms with E-state index >= 15 is 0 Å². The minimum absolute atomic E-state index is 0.187. The third-order valence-electron chi connectivity index (χ3n) is 4.73. The number of nitrogens with zero attached hydrogens (tertiary/aromatic N) is 3. The van der Waals surface area contributed by atoms with Crippen molar-refractivity contribution in [2.75, 3.05) is 27.2 Å². The number of halogens is 1. The number of aromatic nitrogens is 2. The van der Waals surface area contributed by atoms with Crippen molar-refractivity contribution in [3.05, 3.63) is 72.0 Å². The molecule has 7 heteroatoms. The molecule has 0 unspecified atom stereocenters. The first-order valence-corrected chi connectivity index (χ1v) is 9.58. The molecule has 0 aliphatic rings. The lowest BCUT2D eigenvalue weighted by Crippen LogP contribution is -2.31. The fourth-order valence-corrected chi connectivity index (χ4v) is 3.21. The number of fused-ring (bicyclic) bond motifs is 1. The normalized spacial score (nSPS) is 11.2. The smallest absolute Gasteiger partial charge is 0.259 e. The molecule has 0 bridgehead atoms. The molecular formula is C23H21FN4O2. The van der Waals surface area contributed by atoms with E-state index in [1.807, 2.05) is 49.3 Å². The highest BCUT2D eigenvalue weighted by Gasteiger charge is 2.23. The lowest BCUT2D eigenvalue weighted by atomic mass is 10.0. The molecule has 2 aromatic heterocycles. The van der Waals surface area contributed by atoms with Crippen molar-refractivity contribution in [3.8, 4) is 22.5 Å². The van der Waals surface area contributed by atoms with Crippen LogP contribution in [0.1, 0.15) is 10.4 Å². The van der Waals surface area contributed by atoms with E-state index in [1.165, 1.54) is 6.07 Å². The summed E-state index contributed by atoms with van der Waals surface area (Å²) in [6.07, 6.45) is 0. The highest BCUT2D eigenvalue weighted by molar-refractivity contribution is 6.10. The van der Waals surface area contributed by atoms with Gasteiger partial charge < -0.3 is 14.7 Å². The predicted octanol–water partition coefficient (Wildman–Crippen LogP) is 3.99. The highest BCUT2D eigenvalue weighted by atomic mass is 19.1. The van der Waals surface area contributed by atoms with Gasteiger partial charge in [0.1, 0.15) is 11.5 Å². The number of carbonyl (C=O) groups excluding carboxylic acids is 1. The van der Waals surface area contributed by atoms with Crippen LogP contribution in [0.2, 0.25) is 0 Å². The maximum absolute atomic E-state index is 14.4. The first-order chi connectivity index (χ1) is 14.5. The summed E-state index contributed by atoms with van der Waals surface area (Å²) >= 11 is 0. The monoisotopic (exact) mass is 404 g/mol. The summed E-state index contributed by atoms with van der Waals surface area (Å²) in [6.45, 7) is 1.16. The molecule has 6 nitrogen and oxygen atoms in total. The lowest BCUT2D eigenvalue weighted by molar-refractivity contribution is 0.0952. The molecule has 0 aliphatic carbocycles. The van der Waals surface area contributed by atoms with Gasteiger partial charge in [-0.1, -0.05) is 47.6 Å².